The van der Waals surface area contributed by atoms with Gasteiger partial charge in [0, 0.05) is 36.5 Å². The smallest absolute Gasteiger partial charge is 0.147 e. The summed E-state index contributed by atoms with van der Waals surface area (Å²) in [5.41, 5.74) is 1.08. The Morgan fingerprint density at radius 3 is 3.25 bits per heavy atom. The minimum absolute atomic E-state index is 0.119. The number of hydrogen-bond acceptors (Lipinski definition) is 5. The topological polar surface area (TPSA) is 54.2 Å². The highest BCUT2D eigenvalue weighted by molar-refractivity contribution is 7.10. The molecule has 0 unspecified atom stereocenters. The second-order valence-corrected chi connectivity index (χ2v) is 5.68. The van der Waals surface area contributed by atoms with E-state index in [0.29, 0.717) is 6.42 Å². The molecule has 6 heteroatoms. The molecule has 0 bridgehead atoms. The minimum atomic E-state index is 0.119. The summed E-state index contributed by atoms with van der Waals surface area (Å²) >= 11 is 1.74. The summed E-state index contributed by atoms with van der Waals surface area (Å²) in [6.07, 6.45) is 2.33. The first-order valence-corrected chi connectivity index (χ1v) is 7.50. The summed E-state index contributed by atoms with van der Waals surface area (Å²) in [7, 11) is 0. The maximum atomic E-state index is 8.77. The fraction of sp³-hybridized carbons (Fsp3) is 0.429. The van der Waals surface area contributed by atoms with E-state index in [2.05, 4.69) is 43.0 Å². The molecular formula is C14H16N4OS. The molecule has 2 aromatic rings. The molecule has 1 N–H and O–H groups in total. The molecule has 0 aliphatic carbocycles. The summed E-state index contributed by atoms with van der Waals surface area (Å²) in [6.45, 7) is 3.80. The van der Waals surface area contributed by atoms with Gasteiger partial charge in [-0.3, -0.25) is 4.90 Å². The third-order valence-electron chi connectivity index (χ3n) is 3.29. The Kier molecular flexibility index (Phi) is 4.11. The molecule has 1 aliphatic heterocycles. The van der Waals surface area contributed by atoms with Crippen LogP contribution in [-0.2, 0) is 19.6 Å². The van der Waals surface area contributed by atoms with E-state index in [-0.39, 0.29) is 6.61 Å². The SMILES string of the molecule is OCCC#Cc1ccsc1CN1CCn2cnnc2C1. The van der Waals surface area contributed by atoms with Crippen LogP contribution in [0.15, 0.2) is 17.8 Å². The number of aliphatic hydroxyl groups is 1. The highest BCUT2D eigenvalue weighted by Crippen LogP contribution is 2.20. The van der Waals surface area contributed by atoms with Crippen LogP contribution < -0.4 is 0 Å². The van der Waals surface area contributed by atoms with Crippen molar-refractivity contribution in [2.45, 2.75) is 26.1 Å². The molecule has 0 atom stereocenters. The second kappa shape index (κ2) is 6.18. The fourth-order valence-electron chi connectivity index (χ4n) is 2.24. The standard InChI is InChI=1S/C14H16N4OS/c19-7-2-1-3-12-4-8-20-13(12)9-17-5-6-18-11-15-16-14(18)10-17/h4,8,11,19H,2,5-7,9-10H2. The molecule has 0 saturated carbocycles. The Labute approximate surface area is 121 Å². The van der Waals surface area contributed by atoms with E-state index in [4.69, 9.17) is 5.11 Å². The van der Waals surface area contributed by atoms with Crippen LogP contribution in [0.3, 0.4) is 0 Å². The van der Waals surface area contributed by atoms with Crippen molar-refractivity contribution in [2.75, 3.05) is 13.2 Å². The fourth-order valence-corrected chi connectivity index (χ4v) is 3.11. The Hall–Kier alpha value is -1.68. The number of aromatic nitrogens is 3. The molecule has 1 aliphatic rings. The molecule has 0 fully saturated rings. The lowest BCUT2D eigenvalue weighted by Gasteiger charge is -2.26. The predicted octanol–water partition coefficient (Wildman–Crippen LogP) is 1.09. The van der Waals surface area contributed by atoms with Gasteiger partial charge in [-0.05, 0) is 11.4 Å². The van der Waals surface area contributed by atoms with Crippen LogP contribution in [0.4, 0.5) is 0 Å². The Balaban J connectivity index is 1.68. The van der Waals surface area contributed by atoms with Crippen LogP contribution >= 0.6 is 11.3 Å². The van der Waals surface area contributed by atoms with Crippen LogP contribution in [-0.4, -0.2) is 37.9 Å². The van der Waals surface area contributed by atoms with Crippen molar-refractivity contribution in [1.29, 1.82) is 0 Å². The third kappa shape index (κ3) is 2.90. The zero-order chi connectivity index (χ0) is 13.8. The maximum absolute atomic E-state index is 8.77. The van der Waals surface area contributed by atoms with Gasteiger partial charge in [-0.2, -0.15) is 0 Å². The van der Waals surface area contributed by atoms with Crippen molar-refractivity contribution in [1.82, 2.24) is 19.7 Å². The predicted molar refractivity (Wildman–Crippen MR) is 77.0 cm³/mol. The van der Waals surface area contributed by atoms with Crippen LogP contribution in [0.2, 0.25) is 0 Å². The lowest BCUT2D eigenvalue weighted by atomic mass is 10.2. The van der Waals surface area contributed by atoms with E-state index in [9.17, 15) is 0 Å². The monoisotopic (exact) mass is 288 g/mol. The number of rotatable bonds is 3. The second-order valence-electron chi connectivity index (χ2n) is 4.68. The van der Waals surface area contributed by atoms with Gasteiger partial charge in [-0.15, -0.1) is 21.5 Å². The first-order chi connectivity index (χ1) is 9.86. The number of nitrogens with zero attached hydrogens (tertiary/aromatic N) is 4. The summed E-state index contributed by atoms with van der Waals surface area (Å²) in [5, 5.41) is 18.9. The van der Waals surface area contributed by atoms with E-state index < -0.39 is 0 Å². The Morgan fingerprint density at radius 1 is 1.40 bits per heavy atom. The molecule has 3 heterocycles. The summed E-state index contributed by atoms with van der Waals surface area (Å²) in [5.74, 6) is 7.16. The van der Waals surface area contributed by atoms with Gasteiger partial charge in [0.15, 0.2) is 0 Å². The molecule has 2 aromatic heterocycles. The average molecular weight is 288 g/mol. The van der Waals surface area contributed by atoms with Crippen molar-refractivity contribution in [3.05, 3.63) is 34.0 Å². The van der Waals surface area contributed by atoms with E-state index in [1.165, 1.54) is 4.88 Å². The van der Waals surface area contributed by atoms with Crippen LogP contribution in [0, 0.1) is 11.8 Å². The zero-order valence-electron chi connectivity index (χ0n) is 11.1. The van der Waals surface area contributed by atoms with Gasteiger partial charge in [-0.1, -0.05) is 11.8 Å². The van der Waals surface area contributed by atoms with Crippen molar-refractivity contribution in [3.63, 3.8) is 0 Å². The van der Waals surface area contributed by atoms with Crippen LogP contribution in [0.25, 0.3) is 0 Å². The van der Waals surface area contributed by atoms with Crippen molar-refractivity contribution in [3.8, 4) is 11.8 Å². The number of hydrogen-bond donors (Lipinski definition) is 1. The molecule has 104 valence electrons. The first-order valence-electron chi connectivity index (χ1n) is 6.62. The lowest BCUT2D eigenvalue weighted by molar-refractivity contribution is 0.210. The average Bonchev–Trinajstić information content (AvgIpc) is 3.08. The summed E-state index contributed by atoms with van der Waals surface area (Å²) < 4.78 is 2.10. The van der Waals surface area contributed by atoms with Crippen molar-refractivity contribution in [2.24, 2.45) is 0 Å². The van der Waals surface area contributed by atoms with Gasteiger partial charge in [0.25, 0.3) is 0 Å². The molecule has 0 spiro atoms. The molecule has 0 amide bonds. The van der Waals surface area contributed by atoms with E-state index >= 15 is 0 Å². The molecule has 0 saturated heterocycles. The van der Waals surface area contributed by atoms with Crippen molar-refractivity contribution >= 4 is 11.3 Å². The summed E-state index contributed by atoms with van der Waals surface area (Å²) in [4.78, 5) is 3.65. The van der Waals surface area contributed by atoms with E-state index in [1.54, 1.807) is 17.7 Å². The van der Waals surface area contributed by atoms with Gasteiger partial charge >= 0.3 is 0 Å². The number of fused-ring (bicyclic) bond motifs is 1. The Morgan fingerprint density at radius 2 is 2.35 bits per heavy atom. The van der Waals surface area contributed by atoms with E-state index in [0.717, 1.165) is 37.6 Å². The Bertz CT molecular complexity index is 637. The quantitative estimate of drug-likeness (QED) is 0.859. The highest BCUT2D eigenvalue weighted by atomic mass is 32.1. The van der Waals surface area contributed by atoms with Gasteiger partial charge in [0.1, 0.15) is 12.2 Å². The van der Waals surface area contributed by atoms with Gasteiger partial charge < -0.3 is 9.67 Å². The molecule has 5 nitrogen and oxygen atoms in total. The van der Waals surface area contributed by atoms with Crippen molar-refractivity contribution < 1.29 is 5.11 Å². The third-order valence-corrected chi connectivity index (χ3v) is 4.20. The normalized spacial score (nSPS) is 14.7. The van der Waals surface area contributed by atoms with E-state index in [1.807, 2.05) is 0 Å². The van der Waals surface area contributed by atoms with Crippen LogP contribution in [0.5, 0.6) is 0 Å². The lowest BCUT2D eigenvalue weighted by Crippen LogP contribution is -2.33. The maximum Gasteiger partial charge on any atom is 0.147 e. The minimum Gasteiger partial charge on any atom is -0.395 e. The van der Waals surface area contributed by atoms with Crippen LogP contribution in [0.1, 0.15) is 22.7 Å². The summed E-state index contributed by atoms with van der Waals surface area (Å²) in [6, 6.07) is 2.05. The largest absolute Gasteiger partial charge is 0.395 e. The first kappa shape index (κ1) is 13.3. The molecule has 0 radical (unpaired) electrons. The number of thiophene rings is 1. The molecule has 3 rings (SSSR count). The molecule has 20 heavy (non-hydrogen) atoms. The molecular weight excluding hydrogens is 272 g/mol. The van der Waals surface area contributed by atoms with Gasteiger partial charge in [0.05, 0.1) is 13.2 Å². The molecule has 0 aromatic carbocycles. The zero-order valence-corrected chi connectivity index (χ0v) is 11.9. The highest BCUT2D eigenvalue weighted by Gasteiger charge is 2.18. The number of aliphatic hydroxyl groups excluding tert-OH is 1. The van der Waals surface area contributed by atoms with Gasteiger partial charge in [-0.25, -0.2) is 0 Å². The van der Waals surface area contributed by atoms with Gasteiger partial charge in [0.2, 0.25) is 0 Å².